The van der Waals surface area contributed by atoms with Crippen LogP contribution in [0.3, 0.4) is 0 Å². The first kappa shape index (κ1) is 16.3. The van der Waals surface area contributed by atoms with E-state index in [1.165, 1.54) is 0 Å². The van der Waals surface area contributed by atoms with Crippen LogP contribution in [-0.2, 0) is 4.79 Å². The van der Waals surface area contributed by atoms with Crippen molar-refractivity contribution < 1.29 is 13.6 Å². The third-order valence-electron chi connectivity index (χ3n) is 4.02. The zero-order chi connectivity index (χ0) is 16.4. The van der Waals surface area contributed by atoms with Gasteiger partial charge < -0.3 is 10.6 Å². The van der Waals surface area contributed by atoms with Gasteiger partial charge in [0.15, 0.2) is 5.82 Å². The molecule has 1 unspecified atom stereocenters. The third-order valence-corrected chi connectivity index (χ3v) is 4.49. The lowest BCUT2D eigenvalue weighted by Gasteiger charge is -2.23. The van der Waals surface area contributed by atoms with Crippen molar-refractivity contribution in [3.8, 4) is 0 Å². The van der Waals surface area contributed by atoms with E-state index < -0.39 is 17.7 Å². The van der Waals surface area contributed by atoms with Crippen LogP contribution in [0.5, 0.6) is 0 Å². The lowest BCUT2D eigenvalue weighted by atomic mass is 9.92. The summed E-state index contributed by atoms with van der Waals surface area (Å²) >= 11 is 3.34. The quantitative estimate of drug-likeness (QED) is 0.851. The zero-order valence-electron chi connectivity index (χ0n) is 12.4. The molecule has 1 amide bonds. The Labute approximate surface area is 140 Å². The van der Waals surface area contributed by atoms with Crippen LogP contribution in [0.4, 0.5) is 14.6 Å². The highest BCUT2D eigenvalue weighted by Crippen LogP contribution is 2.34. The van der Waals surface area contributed by atoms with Crippen molar-refractivity contribution in [1.82, 2.24) is 14.9 Å². The second-order valence-electron chi connectivity index (χ2n) is 5.75. The molecule has 0 saturated carbocycles. The fourth-order valence-electron chi connectivity index (χ4n) is 2.76. The van der Waals surface area contributed by atoms with E-state index in [2.05, 4.69) is 31.7 Å². The maximum Gasteiger partial charge on any atom is 0.252 e. The number of alkyl halides is 2. The summed E-state index contributed by atoms with van der Waals surface area (Å²) < 4.78 is 30.5. The molecule has 0 aromatic carbocycles. The number of hydrogen-bond acceptors (Lipinski definition) is 3. The molecule has 0 radical (unpaired) electrons. The number of fused-ring (bicyclic) bond motifs is 1. The number of carbonyl (C=O) groups excluding carboxylic acids is 1. The normalized spacial score (nSPS) is 21.1. The lowest BCUT2D eigenvalue weighted by Crippen LogP contribution is -2.31. The highest BCUT2D eigenvalue weighted by atomic mass is 79.9. The van der Waals surface area contributed by atoms with Gasteiger partial charge >= 0.3 is 0 Å². The van der Waals surface area contributed by atoms with E-state index in [4.69, 9.17) is 0 Å². The lowest BCUT2D eigenvalue weighted by molar-refractivity contribution is -0.122. The summed E-state index contributed by atoms with van der Waals surface area (Å²) in [4.78, 5) is 12.1. The second-order valence-corrected chi connectivity index (χ2v) is 6.66. The van der Waals surface area contributed by atoms with Crippen LogP contribution in [0.25, 0.3) is 5.52 Å². The Balaban J connectivity index is 1.68. The van der Waals surface area contributed by atoms with Gasteiger partial charge in [-0.1, -0.05) is 0 Å². The standard InChI is InChI=1S/C15H17BrF2N4O/c16-11-1-2-12-8-13(21-22(12)9-11)20-14(23)7-10-3-5-19-6-4-15(10,17)18/h1-2,8-10,19H,3-7H2,(H,20,21,23). The van der Waals surface area contributed by atoms with Crippen LogP contribution in [0.2, 0.25) is 0 Å². The Hall–Kier alpha value is -1.54. The molecule has 3 rings (SSSR count). The van der Waals surface area contributed by atoms with E-state index in [-0.39, 0.29) is 19.4 Å². The molecule has 1 aliphatic rings. The third kappa shape index (κ3) is 3.87. The molecular formula is C15H17BrF2N4O. The van der Waals surface area contributed by atoms with Crippen molar-refractivity contribution in [1.29, 1.82) is 0 Å². The number of nitrogens with one attached hydrogen (secondary N) is 2. The van der Waals surface area contributed by atoms with Gasteiger partial charge in [-0.15, -0.1) is 5.10 Å². The molecule has 0 aliphatic carbocycles. The summed E-state index contributed by atoms with van der Waals surface area (Å²) in [5.41, 5.74) is 0.812. The van der Waals surface area contributed by atoms with Gasteiger partial charge in [0.25, 0.3) is 5.92 Å². The van der Waals surface area contributed by atoms with Gasteiger partial charge in [-0.2, -0.15) is 0 Å². The van der Waals surface area contributed by atoms with Gasteiger partial charge in [-0.3, -0.25) is 4.79 Å². The van der Waals surface area contributed by atoms with Crippen LogP contribution >= 0.6 is 15.9 Å². The van der Waals surface area contributed by atoms with Crippen molar-refractivity contribution in [3.05, 3.63) is 28.9 Å². The minimum atomic E-state index is -2.81. The van der Waals surface area contributed by atoms with Crippen molar-refractivity contribution in [2.45, 2.75) is 25.2 Å². The molecule has 2 N–H and O–H groups in total. The molecular weight excluding hydrogens is 370 g/mol. The zero-order valence-corrected chi connectivity index (χ0v) is 13.9. The van der Waals surface area contributed by atoms with Crippen molar-refractivity contribution in [2.24, 2.45) is 5.92 Å². The molecule has 0 spiro atoms. The highest BCUT2D eigenvalue weighted by molar-refractivity contribution is 9.10. The topological polar surface area (TPSA) is 58.4 Å². The van der Waals surface area contributed by atoms with Crippen molar-refractivity contribution >= 4 is 33.2 Å². The fraction of sp³-hybridized carbons (Fsp3) is 0.467. The van der Waals surface area contributed by atoms with E-state index in [9.17, 15) is 13.6 Å². The Kier molecular flexibility index (Phi) is 4.63. The molecule has 2 aromatic rings. The maximum atomic E-state index is 14.0. The number of nitrogens with zero attached hydrogens (tertiary/aromatic N) is 2. The summed E-state index contributed by atoms with van der Waals surface area (Å²) in [6.07, 6.45) is 1.62. The molecule has 3 heterocycles. The Morgan fingerprint density at radius 1 is 1.48 bits per heavy atom. The highest BCUT2D eigenvalue weighted by Gasteiger charge is 2.41. The Bertz CT molecular complexity index is 719. The molecule has 1 saturated heterocycles. The maximum absolute atomic E-state index is 14.0. The van der Waals surface area contributed by atoms with Gasteiger partial charge in [0.05, 0.1) is 5.52 Å². The fourth-order valence-corrected chi connectivity index (χ4v) is 3.09. The number of aromatic nitrogens is 2. The van der Waals surface area contributed by atoms with Crippen LogP contribution < -0.4 is 10.6 Å². The molecule has 5 nitrogen and oxygen atoms in total. The van der Waals surface area contributed by atoms with Gasteiger partial charge in [-0.25, -0.2) is 13.3 Å². The minimum Gasteiger partial charge on any atom is -0.316 e. The molecule has 124 valence electrons. The first-order chi connectivity index (χ1) is 10.9. The summed E-state index contributed by atoms with van der Waals surface area (Å²) in [6, 6.07) is 5.41. The number of rotatable bonds is 3. The molecule has 23 heavy (non-hydrogen) atoms. The van der Waals surface area contributed by atoms with E-state index in [1.807, 2.05) is 12.1 Å². The number of pyridine rings is 1. The first-order valence-corrected chi connectivity index (χ1v) is 8.27. The van der Waals surface area contributed by atoms with Gasteiger partial charge in [0.2, 0.25) is 5.91 Å². The second kappa shape index (κ2) is 6.52. The Morgan fingerprint density at radius 3 is 3.13 bits per heavy atom. The Morgan fingerprint density at radius 2 is 2.30 bits per heavy atom. The monoisotopic (exact) mass is 386 g/mol. The SMILES string of the molecule is O=C(CC1CCNCCC1(F)F)Nc1cc2ccc(Br)cn2n1. The average molecular weight is 387 g/mol. The van der Waals surface area contributed by atoms with Crippen LogP contribution in [0.1, 0.15) is 19.3 Å². The van der Waals surface area contributed by atoms with Crippen molar-refractivity contribution in [2.75, 3.05) is 18.4 Å². The number of anilines is 1. The molecule has 1 atom stereocenters. The average Bonchev–Trinajstić information content (AvgIpc) is 2.78. The minimum absolute atomic E-state index is 0.202. The van der Waals surface area contributed by atoms with E-state index in [0.717, 1.165) is 9.99 Å². The molecule has 1 fully saturated rings. The van der Waals surface area contributed by atoms with Gasteiger partial charge in [0, 0.05) is 42.0 Å². The predicted molar refractivity (Wildman–Crippen MR) is 86.7 cm³/mol. The number of amides is 1. The van der Waals surface area contributed by atoms with Gasteiger partial charge in [-0.05, 0) is 41.0 Å². The van der Waals surface area contributed by atoms with Gasteiger partial charge in [0.1, 0.15) is 0 Å². The largest absolute Gasteiger partial charge is 0.316 e. The van der Waals surface area contributed by atoms with E-state index >= 15 is 0 Å². The molecule has 8 heteroatoms. The summed E-state index contributed by atoms with van der Waals surface area (Å²) in [7, 11) is 0. The van der Waals surface area contributed by atoms with E-state index in [0.29, 0.717) is 18.8 Å². The molecule has 1 aliphatic heterocycles. The number of carbonyl (C=O) groups is 1. The first-order valence-electron chi connectivity index (χ1n) is 7.47. The molecule has 2 aromatic heterocycles. The predicted octanol–water partition coefficient (Wildman–Crippen LogP) is 3.06. The summed E-state index contributed by atoms with van der Waals surface area (Å²) in [6.45, 7) is 0.794. The van der Waals surface area contributed by atoms with Crippen LogP contribution in [0, 0.1) is 5.92 Å². The molecule has 0 bridgehead atoms. The number of hydrogen-bond donors (Lipinski definition) is 2. The van der Waals surface area contributed by atoms with Crippen LogP contribution in [-0.4, -0.2) is 34.5 Å². The summed E-state index contributed by atoms with van der Waals surface area (Å²) in [5.74, 6) is -3.82. The number of halogens is 3. The van der Waals surface area contributed by atoms with Crippen LogP contribution in [0.15, 0.2) is 28.9 Å². The smallest absolute Gasteiger partial charge is 0.252 e. The van der Waals surface area contributed by atoms with E-state index in [1.54, 1.807) is 16.8 Å². The van der Waals surface area contributed by atoms with Crippen molar-refractivity contribution in [3.63, 3.8) is 0 Å². The summed E-state index contributed by atoms with van der Waals surface area (Å²) in [5, 5.41) is 9.78.